The molecule has 4 rings (SSSR count). The number of aromatic nitrogens is 2. The maximum absolute atomic E-state index is 6.35. The van der Waals surface area contributed by atoms with Crippen LogP contribution in [0.4, 0.5) is 0 Å². The highest BCUT2D eigenvalue weighted by Gasteiger charge is 2.33. The van der Waals surface area contributed by atoms with Crippen molar-refractivity contribution in [3.63, 3.8) is 0 Å². The van der Waals surface area contributed by atoms with Gasteiger partial charge in [0.15, 0.2) is 10.1 Å². The number of nitrogens with zero attached hydrogens (tertiary/aromatic N) is 3. The van der Waals surface area contributed by atoms with Gasteiger partial charge in [0.05, 0.1) is 5.69 Å². The fourth-order valence-electron chi connectivity index (χ4n) is 4.08. The Balaban J connectivity index is 1.47. The molecule has 0 aromatic carbocycles. The second-order valence-electron chi connectivity index (χ2n) is 6.78. The van der Waals surface area contributed by atoms with Crippen LogP contribution in [0.5, 0.6) is 0 Å². The summed E-state index contributed by atoms with van der Waals surface area (Å²) in [7, 11) is 0. The zero-order chi connectivity index (χ0) is 15.0. The van der Waals surface area contributed by atoms with Crippen LogP contribution in [0.1, 0.15) is 37.8 Å². The lowest BCUT2D eigenvalue weighted by molar-refractivity contribution is 0.167. The molecule has 120 valence electrons. The van der Waals surface area contributed by atoms with Gasteiger partial charge in [0, 0.05) is 18.1 Å². The van der Waals surface area contributed by atoms with Crippen molar-refractivity contribution < 1.29 is 0 Å². The van der Waals surface area contributed by atoms with Crippen LogP contribution in [0.3, 0.4) is 0 Å². The van der Waals surface area contributed by atoms with Crippen molar-refractivity contribution in [2.75, 3.05) is 26.2 Å². The molecule has 0 unspecified atom stereocenters. The average molecular weight is 339 g/mol. The Hall–Kier alpha value is -0.620. The number of fused-ring (bicyclic) bond motifs is 1. The van der Waals surface area contributed by atoms with E-state index < -0.39 is 0 Å². The van der Waals surface area contributed by atoms with Crippen molar-refractivity contribution in [1.29, 1.82) is 0 Å². The van der Waals surface area contributed by atoms with Gasteiger partial charge in [0.1, 0.15) is 0 Å². The SMILES string of the molecule is Clc1nc2sccn2c1CN1CCCC2(CCNCC2)CC1. The van der Waals surface area contributed by atoms with Crippen LogP contribution < -0.4 is 5.32 Å². The molecular formula is C16H23ClN4S. The summed E-state index contributed by atoms with van der Waals surface area (Å²) in [5.41, 5.74) is 1.75. The monoisotopic (exact) mass is 338 g/mol. The Morgan fingerprint density at radius 2 is 2.09 bits per heavy atom. The number of hydrogen-bond acceptors (Lipinski definition) is 4. The first-order valence-corrected chi connectivity index (χ1v) is 9.55. The standard InChI is InChI=1S/C16H23ClN4S/c17-14-13(21-10-11-22-15(21)19-14)12-20-8-1-2-16(5-9-20)3-6-18-7-4-16/h10-11,18H,1-9,12H2. The molecule has 22 heavy (non-hydrogen) atoms. The van der Waals surface area contributed by atoms with Crippen molar-refractivity contribution in [3.05, 3.63) is 22.4 Å². The molecule has 0 aliphatic carbocycles. The summed E-state index contributed by atoms with van der Waals surface area (Å²) in [4.78, 5) is 8.03. The summed E-state index contributed by atoms with van der Waals surface area (Å²) in [6.07, 6.45) is 8.81. The van der Waals surface area contributed by atoms with Gasteiger partial charge >= 0.3 is 0 Å². The minimum Gasteiger partial charge on any atom is -0.317 e. The largest absolute Gasteiger partial charge is 0.317 e. The van der Waals surface area contributed by atoms with Crippen LogP contribution in [0.2, 0.25) is 5.15 Å². The predicted molar refractivity (Wildman–Crippen MR) is 91.7 cm³/mol. The van der Waals surface area contributed by atoms with Gasteiger partial charge < -0.3 is 5.32 Å². The molecule has 2 saturated heterocycles. The minimum atomic E-state index is 0.596. The Bertz CT molecular complexity index is 644. The maximum Gasteiger partial charge on any atom is 0.195 e. The second kappa shape index (κ2) is 6.11. The van der Waals surface area contributed by atoms with Crippen molar-refractivity contribution in [3.8, 4) is 0 Å². The third-order valence-corrected chi connectivity index (χ3v) is 6.55. The van der Waals surface area contributed by atoms with Gasteiger partial charge in [-0.25, -0.2) is 4.98 Å². The van der Waals surface area contributed by atoms with E-state index in [2.05, 4.69) is 31.2 Å². The van der Waals surface area contributed by atoms with Gasteiger partial charge in [-0.2, -0.15) is 0 Å². The van der Waals surface area contributed by atoms with Crippen molar-refractivity contribution in [1.82, 2.24) is 19.6 Å². The van der Waals surface area contributed by atoms with E-state index in [4.69, 9.17) is 11.6 Å². The first-order valence-electron chi connectivity index (χ1n) is 8.29. The lowest BCUT2D eigenvalue weighted by Gasteiger charge is -2.37. The molecule has 2 fully saturated rings. The first kappa shape index (κ1) is 14.9. The first-order chi connectivity index (χ1) is 10.8. The van der Waals surface area contributed by atoms with Gasteiger partial charge in [0.25, 0.3) is 0 Å². The second-order valence-corrected chi connectivity index (χ2v) is 8.02. The Morgan fingerprint density at radius 3 is 2.95 bits per heavy atom. The Labute approximate surface area is 140 Å². The van der Waals surface area contributed by atoms with Gasteiger partial charge in [-0.1, -0.05) is 11.6 Å². The highest BCUT2D eigenvalue weighted by Crippen LogP contribution is 2.39. The molecule has 0 amide bonds. The van der Waals surface area contributed by atoms with E-state index in [0.29, 0.717) is 10.6 Å². The van der Waals surface area contributed by atoms with Crippen LogP contribution >= 0.6 is 22.9 Å². The van der Waals surface area contributed by atoms with Crippen molar-refractivity contribution >= 4 is 27.9 Å². The fourth-order valence-corrected chi connectivity index (χ4v) is 5.10. The third kappa shape index (κ3) is 2.80. The summed E-state index contributed by atoms with van der Waals surface area (Å²) in [6.45, 7) is 5.69. The van der Waals surface area contributed by atoms with Gasteiger partial charge in [0.2, 0.25) is 0 Å². The number of piperidine rings is 1. The lowest BCUT2D eigenvalue weighted by Crippen LogP contribution is -2.37. The van der Waals surface area contributed by atoms with E-state index in [0.717, 1.165) is 17.2 Å². The molecule has 0 radical (unpaired) electrons. The Morgan fingerprint density at radius 1 is 1.23 bits per heavy atom. The smallest absolute Gasteiger partial charge is 0.195 e. The topological polar surface area (TPSA) is 32.6 Å². The van der Waals surface area contributed by atoms with Crippen LogP contribution in [0.15, 0.2) is 11.6 Å². The average Bonchev–Trinajstić information content (AvgIpc) is 3.02. The molecule has 6 heteroatoms. The number of halogens is 1. The van der Waals surface area contributed by atoms with Crippen molar-refractivity contribution in [2.45, 2.75) is 38.6 Å². The molecule has 2 aromatic rings. The molecule has 0 bridgehead atoms. The van der Waals surface area contributed by atoms with Crippen LogP contribution in [0.25, 0.3) is 4.96 Å². The summed E-state index contributed by atoms with van der Waals surface area (Å²) in [5, 5.41) is 6.26. The molecule has 2 aliphatic rings. The van der Waals surface area contributed by atoms with Gasteiger partial charge in [-0.15, -0.1) is 11.3 Å². The number of likely N-dealkylation sites (tertiary alicyclic amines) is 1. The normalized spacial score (nSPS) is 23.1. The number of imidazole rings is 1. The zero-order valence-electron chi connectivity index (χ0n) is 12.9. The predicted octanol–water partition coefficient (Wildman–Crippen LogP) is 3.40. The van der Waals surface area contributed by atoms with E-state index in [1.807, 2.05) is 0 Å². The van der Waals surface area contributed by atoms with E-state index in [-0.39, 0.29) is 0 Å². The summed E-state index contributed by atoms with van der Waals surface area (Å²) in [5.74, 6) is 0. The highest BCUT2D eigenvalue weighted by atomic mass is 35.5. The molecule has 4 heterocycles. The number of rotatable bonds is 2. The molecule has 4 nitrogen and oxygen atoms in total. The molecular weight excluding hydrogens is 316 g/mol. The Kier molecular flexibility index (Phi) is 4.15. The molecule has 0 atom stereocenters. The maximum atomic E-state index is 6.35. The quantitative estimate of drug-likeness (QED) is 0.910. The summed E-state index contributed by atoms with van der Waals surface area (Å²) in [6, 6.07) is 0. The summed E-state index contributed by atoms with van der Waals surface area (Å²) >= 11 is 8.00. The number of nitrogens with one attached hydrogen (secondary N) is 1. The molecule has 0 saturated carbocycles. The minimum absolute atomic E-state index is 0.596. The van der Waals surface area contributed by atoms with Crippen molar-refractivity contribution in [2.24, 2.45) is 5.41 Å². The fraction of sp³-hybridized carbons (Fsp3) is 0.688. The van der Waals surface area contributed by atoms with Gasteiger partial charge in [-0.05, 0) is 63.7 Å². The summed E-state index contributed by atoms with van der Waals surface area (Å²) < 4.78 is 2.15. The number of thiazole rings is 1. The third-order valence-electron chi connectivity index (χ3n) is 5.49. The van der Waals surface area contributed by atoms with E-state index in [1.54, 1.807) is 11.3 Å². The zero-order valence-corrected chi connectivity index (χ0v) is 14.4. The van der Waals surface area contributed by atoms with Crippen LogP contribution in [0, 0.1) is 5.41 Å². The van der Waals surface area contributed by atoms with Gasteiger partial charge in [-0.3, -0.25) is 9.30 Å². The molecule has 2 aliphatic heterocycles. The van der Waals surface area contributed by atoms with E-state index in [9.17, 15) is 0 Å². The highest BCUT2D eigenvalue weighted by molar-refractivity contribution is 7.15. The lowest BCUT2D eigenvalue weighted by atomic mass is 9.73. The van der Waals surface area contributed by atoms with Crippen LogP contribution in [-0.4, -0.2) is 40.5 Å². The van der Waals surface area contributed by atoms with E-state index in [1.165, 1.54) is 58.3 Å². The number of hydrogen-bond donors (Lipinski definition) is 1. The molecule has 1 N–H and O–H groups in total. The molecule has 1 spiro atoms. The van der Waals surface area contributed by atoms with E-state index >= 15 is 0 Å². The van der Waals surface area contributed by atoms with Crippen LogP contribution in [-0.2, 0) is 6.54 Å². The molecule has 2 aromatic heterocycles.